The molecular weight excluding hydrogens is 540 g/mol. The molecule has 6 nitrogen and oxygen atoms in total. The van der Waals surface area contributed by atoms with Gasteiger partial charge in [0.1, 0.15) is 6.61 Å². The topological polar surface area (TPSA) is 79.7 Å². The third kappa shape index (κ3) is 4.17. The van der Waals surface area contributed by atoms with Crippen molar-refractivity contribution in [3.05, 3.63) is 86.6 Å². The Morgan fingerprint density at radius 3 is 2.22 bits per heavy atom. The van der Waals surface area contributed by atoms with E-state index in [1.54, 1.807) is 13.0 Å². The second kappa shape index (κ2) is 9.42. The van der Waals surface area contributed by atoms with Gasteiger partial charge in [-0.15, -0.1) is 0 Å². The fourth-order valence-corrected chi connectivity index (χ4v) is 5.32. The zero-order valence-electron chi connectivity index (χ0n) is 17.2. The zero-order valence-corrected chi connectivity index (χ0v) is 20.3. The summed E-state index contributed by atoms with van der Waals surface area (Å²) >= 11 is 6.67. The highest BCUT2D eigenvalue weighted by molar-refractivity contribution is 9.11. The van der Waals surface area contributed by atoms with Crippen LogP contribution in [0.3, 0.4) is 0 Å². The van der Waals surface area contributed by atoms with Crippen molar-refractivity contribution in [3.63, 3.8) is 0 Å². The molecule has 32 heavy (non-hydrogen) atoms. The fraction of sp³-hybridized carbons (Fsp3) is 0.208. The summed E-state index contributed by atoms with van der Waals surface area (Å²) in [7, 11) is 0. The van der Waals surface area contributed by atoms with E-state index in [-0.39, 0.29) is 24.8 Å². The van der Waals surface area contributed by atoms with Crippen LogP contribution in [0.1, 0.15) is 35.7 Å². The maximum absolute atomic E-state index is 13.0. The van der Waals surface area contributed by atoms with Crippen LogP contribution in [0.15, 0.2) is 69.7 Å². The second-order valence-corrected chi connectivity index (χ2v) is 9.12. The van der Waals surface area contributed by atoms with E-state index in [4.69, 9.17) is 4.74 Å². The van der Waals surface area contributed by atoms with Crippen LogP contribution in [-0.2, 0) is 9.53 Å². The van der Waals surface area contributed by atoms with E-state index in [1.807, 2.05) is 36.4 Å². The van der Waals surface area contributed by atoms with Gasteiger partial charge < -0.3 is 9.84 Å². The molecule has 0 spiro atoms. The molecule has 1 aliphatic rings. The maximum atomic E-state index is 13.0. The highest BCUT2D eigenvalue weighted by Gasteiger charge is 2.35. The van der Waals surface area contributed by atoms with E-state index >= 15 is 0 Å². The van der Waals surface area contributed by atoms with Gasteiger partial charge in [-0.05, 0) is 67.1 Å². The van der Waals surface area contributed by atoms with Gasteiger partial charge in [-0.3, -0.25) is 9.88 Å². The number of halogens is 2. The third-order valence-corrected chi connectivity index (χ3v) is 6.62. The number of pyridine rings is 1. The van der Waals surface area contributed by atoms with Gasteiger partial charge in [0, 0.05) is 27.6 Å². The van der Waals surface area contributed by atoms with Crippen molar-refractivity contribution in [1.82, 2.24) is 9.88 Å². The van der Waals surface area contributed by atoms with Crippen LogP contribution in [0.2, 0.25) is 0 Å². The molecule has 3 aromatic rings. The number of aromatic nitrogens is 1. The van der Waals surface area contributed by atoms with E-state index in [0.29, 0.717) is 8.95 Å². The molecule has 1 atom stereocenters. The lowest BCUT2D eigenvalue weighted by molar-refractivity contribution is -0.143. The van der Waals surface area contributed by atoms with Crippen LogP contribution in [0.4, 0.5) is 4.79 Å². The van der Waals surface area contributed by atoms with Crippen molar-refractivity contribution in [2.45, 2.75) is 18.9 Å². The van der Waals surface area contributed by atoms with Crippen molar-refractivity contribution in [3.8, 4) is 11.1 Å². The van der Waals surface area contributed by atoms with E-state index in [2.05, 4.69) is 49.0 Å². The van der Waals surface area contributed by atoms with Crippen molar-refractivity contribution >= 4 is 43.9 Å². The molecule has 4 rings (SSSR count). The number of hydrogen-bond donors (Lipinski definition) is 1. The first kappa shape index (κ1) is 22.5. The minimum absolute atomic E-state index is 0.106. The Bertz CT molecular complexity index is 1140. The Balaban J connectivity index is 1.58. The molecule has 0 saturated heterocycles. The summed E-state index contributed by atoms with van der Waals surface area (Å²) in [5.41, 5.74) is 4.68. The number of amides is 1. The molecule has 0 bridgehead atoms. The average molecular weight is 560 g/mol. The number of carbonyl (C=O) groups excluding carboxylic acids is 1. The lowest BCUT2D eigenvalue weighted by Gasteiger charge is -2.28. The quantitative estimate of drug-likeness (QED) is 0.400. The number of carboxylic acid groups (broad SMARTS) is 1. The monoisotopic (exact) mass is 558 g/mol. The summed E-state index contributed by atoms with van der Waals surface area (Å²) < 4.78 is 6.87. The summed E-state index contributed by atoms with van der Waals surface area (Å²) in [6.45, 7) is 1.98. The van der Waals surface area contributed by atoms with Crippen molar-refractivity contribution in [2.75, 3.05) is 13.2 Å². The molecule has 0 aliphatic heterocycles. The minimum atomic E-state index is -1.28. The maximum Gasteiger partial charge on any atom is 0.410 e. The third-order valence-electron chi connectivity index (χ3n) is 5.55. The van der Waals surface area contributed by atoms with Crippen LogP contribution in [0, 0.1) is 0 Å². The number of aliphatic carboxylic acids is 1. The Hall–Kier alpha value is -2.71. The summed E-state index contributed by atoms with van der Waals surface area (Å²) in [6, 6.07) is 16.5. The number of benzene rings is 2. The number of fused-ring (bicyclic) bond motifs is 3. The highest BCUT2D eigenvalue weighted by Crippen LogP contribution is 2.44. The van der Waals surface area contributed by atoms with Gasteiger partial charge in [0.15, 0.2) is 6.04 Å². The first-order valence-electron chi connectivity index (χ1n) is 10.1. The molecule has 1 heterocycles. The van der Waals surface area contributed by atoms with Gasteiger partial charge >= 0.3 is 12.1 Å². The van der Waals surface area contributed by atoms with Crippen LogP contribution >= 0.6 is 31.9 Å². The molecular formula is C24H20Br2N2O4. The molecule has 0 saturated carbocycles. The molecule has 1 N–H and O–H groups in total. The van der Waals surface area contributed by atoms with Gasteiger partial charge in [-0.2, -0.15) is 0 Å². The minimum Gasteiger partial charge on any atom is -0.479 e. The number of ether oxygens (including phenoxy) is 1. The normalized spacial score (nSPS) is 13.2. The lowest BCUT2D eigenvalue weighted by atomic mass is 9.98. The van der Waals surface area contributed by atoms with Gasteiger partial charge in [-0.1, -0.05) is 48.5 Å². The molecule has 0 fully saturated rings. The number of hydrogen-bond acceptors (Lipinski definition) is 4. The van der Waals surface area contributed by atoms with Gasteiger partial charge in [0.25, 0.3) is 0 Å². The summed E-state index contributed by atoms with van der Waals surface area (Å²) in [5, 5.41) is 9.89. The van der Waals surface area contributed by atoms with E-state index in [1.165, 1.54) is 11.1 Å². The van der Waals surface area contributed by atoms with Crippen LogP contribution in [0.5, 0.6) is 0 Å². The smallest absolute Gasteiger partial charge is 0.410 e. The summed E-state index contributed by atoms with van der Waals surface area (Å²) in [5.74, 6) is -1.29. The Kier molecular flexibility index (Phi) is 6.62. The first-order valence-corrected chi connectivity index (χ1v) is 11.7. The zero-order chi connectivity index (χ0) is 22.8. The van der Waals surface area contributed by atoms with E-state index < -0.39 is 18.1 Å². The molecule has 164 valence electrons. The molecule has 1 amide bonds. The van der Waals surface area contributed by atoms with Gasteiger partial charge in [0.05, 0.1) is 5.69 Å². The molecule has 1 unspecified atom stereocenters. The standard InChI is InChI=1S/C24H20Br2N2O4/c1-2-28(22(23(29)30)21-20(26)11-14(25)12-27-21)24(31)32-13-19-17-9-5-3-7-15(17)16-8-4-6-10-18(16)19/h3-12,19,22H,2,13H2,1H3,(H,29,30). The number of carbonyl (C=O) groups is 2. The average Bonchev–Trinajstić information content (AvgIpc) is 3.10. The number of nitrogens with zero attached hydrogens (tertiary/aromatic N) is 2. The van der Waals surface area contributed by atoms with Gasteiger partial charge in [-0.25, -0.2) is 9.59 Å². The Morgan fingerprint density at radius 2 is 1.69 bits per heavy atom. The van der Waals surface area contributed by atoms with Crippen molar-refractivity contribution in [1.29, 1.82) is 0 Å². The number of rotatable bonds is 6. The predicted molar refractivity (Wildman–Crippen MR) is 127 cm³/mol. The van der Waals surface area contributed by atoms with Crippen LogP contribution < -0.4 is 0 Å². The Labute approximate surface area is 202 Å². The summed E-state index contributed by atoms with van der Waals surface area (Å²) in [4.78, 5) is 30.5. The molecule has 0 radical (unpaired) electrons. The highest BCUT2D eigenvalue weighted by atomic mass is 79.9. The molecule has 1 aromatic heterocycles. The largest absolute Gasteiger partial charge is 0.479 e. The first-order chi connectivity index (χ1) is 15.4. The predicted octanol–water partition coefficient (Wildman–Crippen LogP) is 6.00. The Morgan fingerprint density at radius 1 is 1.09 bits per heavy atom. The van der Waals surface area contributed by atoms with Gasteiger partial charge in [0.2, 0.25) is 0 Å². The number of likely N-dealkylation sites (N-methyl/N-ethyl adjacent to an activating group) is 1. The second-order valence-electron chi connectivity index (χ2n) is 7.35. The van der Waals surface area contributed by atoms with Crippen LogP contribution in [0.25, 0.3) is 11.1 Å². The van der Waals surface area contributed by atoms with E-state index in [9.17, 15) is 14.7 Å². The summed E-state index contributed by atoms with van der Waals surface area (Å²) in [6.07, 6.45) is 0.806. The van der Waals surface area contributed by atoms with Crippen molar-refractivity contribution in [2.24, 2.45) is 0 Å². The van der Waals surface area contributed by atoms with Crippen molar-refractivity contribution < 1.29 is 19.4 Å². The lowest BCUT2D eigenvalue weighted by Crippen LogP contribution is -2.40. The molecule has 2 aromatic carbocycles. The molecule has 8 heteroatoms. The number of carboxylic acids is 1. The van der Waals surface area contributed by atoms with Crippen LogP contribution in [-0.4, -0.2) is 40.2 Å². The SMILES string of the molecule is CCN(C(=O)OCC1c2ccccc2-c2ccccc21)C(C(=O)O)c1ncc(Br)cc1Br. The molecule has 1 aliphatic carbocycles. The fourth-order valence-electron chi connectivity index (χ4n) is 4.12. The van der Waals surface area contributed by atoms with E-state index in [0.717, 1.165) is 22.3 Å².